The first kappa shape index (κ1) is 21.7. The molecule has 0 aliphatic carbocycles. The Labute approximate surface area is 177 Å². The highest BCUT2D eigenvalue weighted by atomic mass is 16.5. The molecule has 0 fully saturated rings. The maximum absolute atomic E-state index is 12.6. The van der Waals surface area contributed by atoms with Crippen molar-refractivity contribution in [1.82, 2.24) is 4.90 Å². The van der Waals surface area contributed by atoms with Gasteiger partial charge in [0.1, 0.15) is 6.04 Å². The fraction of sp³-hybridized carbons (Fsp3) is 0.227. The van der Waals surface area contributed by atoms with Crippen LogP contribution in [-0.4, -0.2) is 54.3 Å². The van der Waals surface area contributed by atoms with Crippen LogP contribution in [0.25, 0.3) is 0 Å². The number of benzene rings is 2. The molecule has 0 saturated heterocycles. The zero-order valence-corrected chi connectivity index (χ0v) is 17.1. The number of aryl methyl sites for hydroxylation is 1. The van der Waals surface area contributed by atoms with Gasteiger partial charge in [-0.3, -0.25) is 19.3 Å². The minimum Gasteiger partial charge on any atom is -0.465 e. The molecule has 1 atom stereocenters. The van der Waals surface area contributed by atoms with Crippen LogP contribution in [0.2, 0.25) is 0 Å². The van der Waals surface area contributed by atoms with Gasteiger partial charge in [-0.1, -0.05) is 23.8 Å². The number of hydrogen-bond acceptors (Lipinski definition) is 7. The second kappa shape index (κ2) is 8.78. The van der Waals surface area contributed by atoms with Gasteiger partial charge in [0.05, 0.1) is 29.5 Å². The highest BCUT2D eigenvalue weighted by Gasteiger charge is 2.41. The zero-order valence-electron chi connectivity index (χ0n) is 17.1. The van der Waals surface area contributed by atoms with E-state index in [9.17, 15) is 24.0 Å². The van der Waals surface area contributed by atoms with E-state index >= 15 is 0 Å². The summed E-state index contributed by atoms with van der Waals surface area (Å²) < 4.78 is 9.64. The SMILES string of the molecule is COC(=O)c1ccccc1NC(=O)COC(=O)C(C)N1C(=O)c2ccc(C)cc2C1=O. The Kier molecular flexibility index (Phi) is 6.15. The maximum atomic E-state index is 12.6. The molecule has 31 heavy (non-hydrogen) atoms. The Hall–Kier alpha value is -4.01. The van der Waals surface area contributed by atoms with Gasteiger partial charge in [0.25, 0.3) is 17.7 Å². The van der Waals surface area contributed by atoms with Crippen molar-refractivity contribution >= 4 is 35.3 Å². The number of carbonyl (C=O) groups excluding carboxylic acids is 5. The van der Waals surface area contributed by atoms with Crippen molar-refractivity contribution in [2.45, 2.75) is 19.9 Å². The lowest BCUT2D eigenvalue weighted by atomic mass is 10.1. The molecule has 0 bridgehead atoms. The molecule has 3 amide bonds. The van der Waals surface area contributed by atoms with E-state index in [-0.39, 0.29) is 22.4 Å². The van der Waals surface area contributed by atoms with E-state index in [1.807, 2.05) is 0 Å². The minimum atomic E-state index is -1.22. The van der Waals surface area contributed by atoms with Crippen molar-refractivity contribution in [3.63, 3.8) is 0 Å². The van der Waals surface area contributed by atoms with Gasteiger partial charge in [-0.25, -0.2) is 9.59 Å². The molecule has 1 N–H and O–H groups in total. The molecular formula is C22H20N2O7. The van der Waals surface area contributed by atoms with E-state index in [1.54, 1.807) is 31.2 Å². The van der Waals surface area contributed by atoms with Crippen molar-refractivity contribution in [2.24, 2.45) is 0 Å². The molecule has 0 aromatic heterocycles. The average molecular weight is 424 g/mol. The van der Waals surface area contributed by atoms with Gasteiger partial charge in [-0.15, -0.1) is 0 Å². The minimum absolute atomic E-state index is 0.138. The first-order chi connectivity index (χ1) is 14.7. The molecular weight excluding hydrogens is 404 g/mol. The van der Waals surface area contributed by atoms with E-state index in [0.29, 0.717) is 0 Å². The maximum Gasteiger partial charge on any atom is 0.339 e. The van der Waals surface area contributed by atoms with Crippen LogP contribution in [-0.2, 0) is 19.1 Å². The number of methoxy groups -OCH3 is 1. The largest absolute Gasteiger partial charge is 0.465 e. The normalized spacial score (nSPS) is 13.5. The Balaban J connectivity index is 1.63. The van der Waals surface area contributed by atoms with Crippen LogP contribution in [0, 0.1) is 6.92 Å². The standard InChI is InChI=1S/C22H20N2O7/c1-12-8-9-14-16(10-12)20(27)24(19(14)26)13(2)21(28)31-11-18(25)23-17-7-5-4-6-15(17)22(29)30-3/h4-10,13H,11H2,1-3H3,(H,23,25). The van der Waals surface area contributed by atoms with E-state index < -0.39 is 42.3 Å². The fourth-order valence-corrected chi connectivity index (χ4v) is 3.15. The number of rotatable bonds is 6. The van der Waals surface area contributed by atoms with Crippen LogP contribution in [0.15, 0.2) is 42.5 Å². The van der Waals surface area contributed by atoms with E-state index in [0.717, 1.165) is 10.5 Å². The third-order valence-electron chi connectivity index (χ3n) is 4.75. The summed E-state index contributed by atoms with van der Waals surface area (Å²) in [6.45, 7) is 2.47. The molecule has 1 unspecified atom stereocenters. The van der Waals surface area contributed by atoms with Gasteiger partial charge in [-0.05, 0) is 38.1 Å². The molecule has 0 spiro atoms. The Morgan fingerprint density at radius 1 is 1.03 bits per heavy atom. The third-order valence-corrected chi connectivity index (χ3v) is 4.75. The molecule has 2 aromatic carbocycles. The number of nitrogens with one attached hydrogen (secondary N) is 1. The molecule has 9 nitrogen and oxygen atoms in total. The number of imide groups is 1. The number of amides is 3. The molecule has 0 radical (unpaired) electrons. The number of hydrogen-bond donors (Lipinski definition) is 1. The number of ether oxygens (including phenoxy) is 2. The van der Waals surface area contributed by atoms with Crippen molar-refractivity contribution < 1.29 is 33.4 Å². The molecule has 3 rings (SSSR count). The molecule has 160 valence electrons. The Bertz CT molecular complexity index is 1090. The topological polar surface area (TPSA) is 119 Å². The Morgan fingerprint density at radius 2 is 1.71 bits per heavy atom. The van der Waals surface area contributed by atoms with E-state index in [4.69, 9.17) is 4.74 Å². The number of fused-ring (bicyclic) bond motifs is 1. The van der Waals surface area contributed by atoms with Crippen molar-refractivity contribution in [1.29, 1.82) is 0 Å². The lowest BCUT2D eigenvalue weighted by Gasteiger charge is -2.20. The van der Waals surface area contributed by atoms with Crippen LogP contribution in [0.5, 0.6) is 0 Å². The van der Waals surface area contributed by atoms with Gasteiger partial charge in [0.2, 0.25) is 0 Å². The zero-order chi connectivity index (χ0) is 22.7. The summed E-state index contributed by atoms with van der Waals surface area (Å²) in [5.41, 5.74) is 1.58. The summed E-state index contributed by atoms with van der Waals surface area (Å²) in [6.07, 6.45) is 0. The molecule has 2 aromatic rings. The number of esters is 2. The number of para-hydroxylation sites is 1. The predicted octanol–water partition coefficient (Wildman–Crippen LogP) is 1.95. The quantitative estimate of drug-likeness (QED) is 0.556. The molecule has 9 heteroatoms. The lowest BCUT2D eigenvalue weighted by molar-refractivity contribution is -0.150. The van der Waals surface area contributed by atoms with Crippen LogP contribution in [0.3, 0.4) is 0 Å². The van der Waals surface area contributed by atoms with E-state index in [1.165, 1.54) is 32.2 Å². The highest BCUT2D eigenvalue weighted by molar-refractivity contribution is 6.22. The smallest absolute Gasteiger partial charge is 0.339 e. The summed E-state index contributed by atoms with van der Waals surface area (Å²) in [5, 5.41) is 2.46. The predicted molar refractivity (Wildman–Crippen MR) is 109 cm³/mol. The number of carbonyl (C=O) groups is 5. The third kappa shape index (κ3) is 4.30. The summed E-state index contributed by atoms with van der Waals surface area (Å²) >= 11 is 0. The van der Waals surface area contributed by atoms with Crippen LogP contribution >= 0.6 is 0 Å². The van der Waals surface area contributed by atoms with Gasteiger partial charge < -0.3 is 14.8 Å². The first-order valence-electron chi connectivity index (χ1n) is 9.37. The van der Waals surface area contributed by atoms with Crippen molar-refractivity contribution in [3.05, 3.63) is 64.7 Å². The first-order valence-corrected chi connectivity index (χ1v) is 9.37. The van der Waals surface area contributed by atoms with Crippen LogP contribution in [0.1, 0.15) is 43.6 Å². The Morgan fingerprint density at radius 3 is 2.42 bits per heavy atom. The monoisotopic (exact) mass is 424 g/mol. The van der Waals surface area contributed by atoms with Crippen LogP contribution < -0.4 is 5.32 Å². The fourth-order valence-electron chi connectivity index (χ4n) is 3.15. The van der Waals surface area contributed by atoms with Gasteiger partial charge >= 0.3 is 11.9 Å². The summed E-state index contributed by atoms with van der Waals surface area (Å²) in [7, 11) is 1.21. The summed E-state index contributed by atoms with van der Waals surface area (Å²) in [4.78, 5) is 62.3. The van der Waals surface area contributed by atoms with Crippen molar-refractivity contribution in [3.8, 4) is 0 Å². The van der Waals surface area contributed by atoms with Gasteiger partial charge in [0.15, 0.2) is 6.61 Å². The van der Waals surface area contributed by atoms with Gasteiger partial charge in [-0.2, -0.15) is 0 Å². The summed E-state index contributed by atoms with van der Waals surface area (Å²) in [6, 6.07) is 9.78. The average Bonchev–Trinajstić information content (AvgIpc) is 3.00. The second-order valence-electron chi connectivity index (χ2n) is 6.90. The highest BCUT2D eigenvalue weighted by Crippen LogP contribution is 2.26. The number of nitrogens with zero attached hydrogens (tertiary/aromatic N) is 1. The van der Waals surface area contributed by atoms with Crippen molar-refractivity contribution in [2.75, 3.05) is 19.0 Å². The molecule has 1 aliphatic rings. The second-order valence-corrected chi connectivity index (χ2v) is 6.90. The van der Waals surface area contributed by atoms with Crippen LogP contribution in [0.4, 0.5) is 5.69 Å². The molecule has 0 saturated carbocycles. The molecule has 1 heterocycles. The number of anilines is 1. The van der Waals surface area contributed by atoms with Gasteiger partial charge in [0, 0.05) is 0 Å². The van der Waals surface area contributed by atoms with E-state index in [2.05, 4.69) is 10.1 Å². The molecule has 1 aliphatic heterocycles. The summed E-state index contributed by atoms with van der Waals surface area (Å²) in [5.74, 6) is -3.44. The lowest BCUT2D eigenvalue weighted by Crippen LogP contribution is -2.44.